The van der Waals surface area contributed by atoms with E-state index in [9.17, 15) is 14.4 Å². The van der Waals surface area contributed by atoms with E-state index in [2.05, 4.69) is 56.6 Å². The number of carbonyl (C=O) groups excluding carboxylic acids is 2. The number of carbonyl (C=O) groups is 3. The number of aryl methyl sites for hydroxylation is 1. The summed E-state index contributed by atoms with van der Waals surface area (Å²) in [5, 5.41) is 11.2. The first-order chi connectivity index (χ1) is 13.7. The monoisotopic (exact) mass is 618 g/mol. The molecule has 0 spiro atoms. The van der Waals surface area contributed by atoms with Crippen LogP contribution in [0.5, 0.6) is 5.75 Å². The van der Waals surface area contributed by atoms with Crippen molar-refractivity contribution >= 4 is 69.2 Å². The molecule has 150 valence electrons. The summed E-state index contributed by atoms with van der Waals surface area (Å²) in [6.45, 7) is 1.79. The Morgan fingerprint density at radius 1 is 1.21 bits per heavy atom. The summed E-state index contributed by atoms with van der Waals surface area (Å²) in [7, 11) is 0. The van der Waals surface area contributed by atoms with Gasteiger partial charge in [-0.05, 0) is 81.4 Å². The molecule has 1 fully saturated rings. The molecule has 0 aliphatic carbocycles. The van der Waals surface area contributed by atoms with Crippen molar-refractivity contribution in [3.05, 3.63) is 65.9 Å². The molecule has 9 heteroatoms. The average molecular weight is 618 g/mol. The highest BCUT2D eigenvalue weighted by atomic mass is 127. The number of urea groups is 1. The van der Waals surface area contributed by atoms with Crippen molar-refractivity contribution in [3.8, 4) is 5.75 Å². The van der Waals surface area contributed by atoms with Crippen LogP contribution in [0.4, 0.5) is 4.79 Å². The topological polar surface area (TPSA) is 95.9 Å². The van der Waals surface area contributed by atoms with Crippen molar-refractivity contribution in [2.24, 2.45) is 0 Å². The van der Waals surface area contributed by atoms with E-state index in [0.717, 1.165) is 24.0 Å². The van der Waals surface area contributed by atoms with Crippen LogP contribution in [0.25, 0.3) is 6.08 Å². The summed E-state index contributed by atoms with van der Waals surface area (Å²) >= 11 is 4.32. The molecular formula is C20H16I2N2O5. The van der Waals surface area contributed by atoms with Gasteiger partial charge < -0.3 is 15.2 Å². The van der Waals surface area contributed by atoms with E-state index in [4.69, 9.17) is 9.84 Å². The van der Waals surface area contributed by atoms with Crippen molar-refractivity contribution in [2.45, 2.75) is 13.5 Å². The Balaban J connectivity index is 1.78. The number of aliphatic carboxylic acids is 1. The van der Waals surface area contributed by atoms with Crippen molar-refractivity contribution in [1.29, 1.82) is 0 Å². The van der Waals surface area contributed by atoms with Crippen molar-refractivity contribution in [2.75, 3.05) is 6.54 Å². The Morgan fingerprint density at radius 2 is 1.90 bits per heavy atom. The molecule has 0 saturated carbocycles. The van der Waals surface area contributed by atoms with E-state index in [0.29, 0.717) is 17.1 Å². The Morgan fingerprint density at radius 3 is 2.52 bits per heavy atom. The number of carboxylic acid groups (broad SMARTS) is 1. The molecule has 2 N–H and O–H groups in total. The second kappa shape index (κ2) is 9.11. The zero-order chi connectivity index (χ0) is 21.1. The minimum Gasteiger partial charge on any atom is -0.487 e. The number of hydrogen-bond acceptors (Lipinski definition) is 4. The van der Waals surface area contributed by atoms with Crippen LogP contribution in [-0.2, 0) is 16.2 Å². The highest BCUT2D eigenvalue weighted by molar-refractivity contribution is 14.1. The molecule has 1 aliphatic heterocycles. The van der Waals surface area contributed by atoms with Gasteiger partial charge in [0.15, 0.2) is 0 Å². The Kier molecular flexibility index (Phi) is 6.77. The van der Waals surface area contributed by atoms with Crippen LogP contribution in [0.15, 0.2) is 42.1 Å². The number of amides is 3. The summed E-state index contributed by atoms with van der Waals surface area (Å²) in [4.78, 5) is 35.5. The van der Waals surface area contributed by atoms with E-state index in [1.54, 1.807) is 0 Å². The van der Waals surface area contributed by atoms with Gasteiger partial charge in [-0.2, -0.15) is 0 Å². The van der Waals surface area contributed by atoms with Crippen LogP contribution >= 0.6 is 45.2 Å². The van der Waals surface area contributed by atoms with Gasteiger partial charge in [0.05, 0.1) is 7.14 Å². The highest BCUT2D eigenvalue weighted by Crippen LogP contribution is 2.31. The average Bonchev–Trinajstić information content (AvgIpc) is 2.88. The summed E-state index contributed by atoms with van der Waals surface area (Å²) in [6.07, 6.45) is 1.52. The number of ether oxygens (including phenoxy) is 1. The Labute approximate surface area is 194 Å². The zero-order valence-corrected chi connectivity index (χ0v) is 19.6. The molecule has 1 saturated heterocycles. The minimum atomic E-state index is -1.26. The van der Waals surface area contributed by atoms with Gasteiger partial charge in [0.1, 0.15) is 24.6 Å². The number of rotatable bonds is 6. The fourth-order valence-electron chi connectivity index (χ4n) is 2.78. The number of nitrogens with one attached hydrogen (secondary N) is 1. The fourth-order valence-corrected chi connectivity index (χ4v) is 4.90. The van der Waals surface area contributed by atoms with E-state index < -0.39 is 24.5 Å². The third kappa shape index (κ3) is 5.26. The SMILES string of the molecule is Cc1cccc(COc2c(I)cc(/C=C3/NC(=O)N(CC(=O)O)C3=O)cc2I)c1. The summed E-state index contributed by atoms with van der Waals surface area (Å²) in [5.74, 6) is -1.18. The number of benzene rings is 2. The van der Waals surface area contributed by atoms with Crippen LogP contribution in [0.2, 0.25) is 0 Å². The first-order valence-corrected chi connectivity index (χ1v) is 10.6. The lowest BCUT2D eigenvalue weighted by Gasteiger charge is -2.12. The maximum Gasteiger partial charge on any atom is 0.329 e. The summed E-state index contributed by atoms with van der Waals surface area (Å²) in [5.41, 5.74) is 2.97. The number of nitrogens with zero attached hydrogens (tertiary/aromatic N) is 1. The molecule has 0 aromatic heterocycles. The lowest BCUT2D eigenvalue weighted by atomic mass is 10.1. The maximum absolute atomic E-state index is 12.3. The molecule has 3 amide bonds. The number of hydrogen-bond donors (Lipinski definition) is 2. The van der Waals surface area contributed by atoms with Crippen molar-refractivity contribution < 1.29 is 24.2 Å². The van der Waals surface area contributed by atoms with Gasteiger partial charge in [-0.3, -0.25) is 9.59 Å². The third-order valence-corrected chi connectivity index (χ3v) is 5.66. The van der Waals surface area contributed by atoms with Gasteiger partial charge in [-0.15, -0.1) is 0 Å². The van der Waals surface area contributed by atoms with E-state index in [1.165, 1.54) is 6.08 Å². The highest BCUT2D eigenvalue weighted by Gasteiger charge is 2.34. The molecule has 1 aliphatic rings. The van der Waals surface area contributed by atoms with Crippen LogP contribution in [-0.4, -0.2) is 34.5 Å². The van der Waals surface area contributed by atoms with Gasteiger partial charge in [-0.25, -0.2) is 9.69 Å². The lowest BCUT2D eigenvalue weighted by Crippen LogP contribution is -2.35. The smallest absolute Gasteiger partial charge is 0.329 e. The first kappa shape index (κ1) is 21.6. The van der Waals surface area contributed by atoms with Gasteiger partial charge in [0.25, 0.3) is 5.91 Å². The van der Waals surface area contributed by atoms with Crippen LogP contribution in [0, 0.1) is 14.1 Å². The van der Waals surface area contributed by atoms with Gasteiger partial charge in [0.2, 0.25) is 0 Å². The van der Waals surface area contributed by atoms with Crippen LogP contribution < -0.4 is 10.1 Å². The van der Waals surface area contributed by atoms with Gasteiger partial charge in [0, 0.05) is 0 Å². The van der Waals surface area contributed by atoms with Crippen LogP contribution in [0.1, 0.15) is 16.7 Å². The quantitative estimate of drug-likeness (QED) is 0.292. The Bertz CT molecular complexity index is 1010. The normalized spacial score (nSPS) is 15.0. The molecule has 0 bridgehead atoms. The molecule has 0 unspecified atom stereocenters. The number of halogens is 2. The molecule has 0 atom stereocenters. The van der Waals surface area contributed by atoms with E-state index >= 15 is 0 Å². The Hall–Kier alpha value is -2.15. The van der Waals surface area contributed by atoms with Crippen LogP contribution in [0.3, 0.4) is 0 Å². The van der Waals surface area contributed by atoms with E-state index in [-0.39, 0.29) is 5.70 Å². The predicted octanol–water partition coefficient (Wildman–Crippen LogP) is 3.76. The first-order valence-electron chi connectivity index (χ1n) is 8.48. The molecule has 3 rings (SSSR count). The zero-order valence-electron chi connectivity index (χ0n) is 15.2. The van der Waals surface area contributed by atoms with Crippen molar-refractivity contribution in [3.63, 3.8) is 0 Å². The largest absolute Gasteiger partial charge is 0.487 e. The molecule has 2 aromatic rings. The maximum atomic E-state index is 12.3. The second-order valence-corrected chi connectivity index (χ2v) is 8.69. The number of imide groups is 1. The third-order valence-electron chi connectivity index (χ3n) is 4.05. The van der Waals surface area contributed by atoms with Gasteiger partial charge >= 0.3 is 12.0 Å². The van der Waals surface area contributed by atoms with Crippen molar-refractivity contribution in [1.82, 2.24) is 10.2 Å². The predicted molar refractivity (Wildman–Crippen MR) is 123 cm³/mol. The molecule has 29 heavy (non-hydrogen) atoms. The number of carboxylic acids is 1. The molecule has 7 nitrogen and oxygen atoms in total. The summed E-state index contributed by atoms with van der Waals surface area (Å²) < 4.78 is 7.70. The standard InChI is InChI=1S/C20H16I2N2O5/c1-11-3-2-4-12(5-11)10-29-18-14(21)6-13(7-15(18)22)8-16-19(27)24(9-17(25)26)20(28)23-16/h2-8H,9-10H2,1H3,(H,23,28)(H,25,26)/b16-8+. The molecule has 0 radical (unpaired) electrons. The van der Waals surface area contributed by atoms with E-state index in [1.807, 2.05) is 37.3 Å². The molecular weight excluding hydrogens is 602 g/mol. The van der Waals surface area contributed by atoms with Gasteiger partial charge in [-0.1, -0.05) is 29.8 Å². The summed E-state index contributed by atoms with van der Waals surface area (Å²) in [6, 6.07) is 11.0. The molecule has 2 aromatic carbocycles. The molecule has 1 heterocycles. The second-order valence-electron chi connectivity index (χ2n) is 6.36. The lowest BCUT2D eigenvalue weighted by molar-refractivity contribution is -0.140. The minimum absolute atomic E-state index is 0.0382. The fraction of sp³-hybridized carbons (Fsp3) is 0.150.